The number of benzene rings is 3. The third-order valence-corrected chi connectivity index (χ3v) is 8.56. The summed E-state index contributed by atoms with van der Waals surface area (Å²) in [7, 11) is 0. The smallest absolute Gasteiger partial charge is 0.130 e. The first kappa shape index (κ1) is 23.3. The molecule has 1 aliphatic carbocycles. The Bertz CT molecular complexity index is 1690. The van der Waals surface area contributed by atoms with Gasteiger partial charge >= 0.3 is 0 Å². The molecule has 0 amide bonds. The molecule has 0 spiro atoms. The summed E-state index contributed by atoms with van der Waals surface area (Å²) >= 11 is 0. The second kappa shape index (κ2) is 9.16. The summed E-state index contributed by atoms with van der Waals surface area (Å²) < 4.78 is 0. The summed E-state index contributed by atoms with van der Waals surface area (Å²) in [4.78, 5) is 19.3. The second-order valence-electron chi connectivity index (χ2n) is 11.0. The van der Waals surface area contributed by atoms with Crippen LogP contribution in [0.1, 0.15) is 68.3 Å². The summed E-state index contributed by atoms with van der Waals surface area (Å²) in [5.74, 6) is 2.12. The van der Waals surface area contributed by atoms with Crippen LogP contribution in [0.4, 0.5) is 0 Å². The Kier molecular flexibility index (Phi) is 5.61. The van der Waals surface area contributed by atoms with E-state index < -0.39 is 0 Å². The lowest BCUT2D eigenvalue weighted by molar-refractivity contribution is 0.307. The molecular formula is C33H35N5. The van der Waals surface area contributed by atoms with Gasteiger partial charge in [0.1, 0.15) is 11.6 Å². The molecule has 1 atom stereocenters. The minimum atomic E-state index is 0.304. The van der Waals surface area contributed by atoms with Gasteiger partial charge in [-0.25, -0.2) is 9.97 Å². The fourth-order valence-corrected chi connectivity index (χ4v) is 6.58. The zero-order chi connectivity index (χ0) is 25.8. The van der Waals surface area contributed by atoms with Crippen molar-refractivity contribution >= 4 is 21.8 Å². The number of fused-ring (bicyclic) bond motifs is 6. The number of hydrogen-bond acceptors (Lipinski definition) is 3. The Labute approximate surface area is 224 Å². The van der Waals surface area contributed by atoms with Crippen molar-refractivity contribution in [2.24, 2.45) is 0 Å². The van der Waals surface area contributed by atoms with E-state index in [1.807, 2.05) is 6.20 Å². The minimum Gasteiger partial charge on any atom is -0.365 e. The van der Waals surface area contributed by atoms with Gasteiger partial charge in [-0.05, 0) is 89.6 Å². The van der Waals surface area contributed by atoms with Crippen LogP contribution in [0, 0.1) is 0 Å². The molecule has 5 heteroatoms. The molecular weight excluding hydrogens is 466 g/mol. The molecule has 0 saturated carbocycles. The number of rotatable bonds is 6. The Morgan fingerprint density at radius 1 is 1.03 bits per heavy atom. The van der Waals surface area contributed by atoms with E-state index in [0.29, 0.717) is 6.04 Å². The van der Waals surface area contributed by atoms with Crippen LogP contribution < -0.4 is 0 Å². The van der Waals surface area contributed by atoms with Crippen molar-refractivity contribution in [3.8, 4) is 22.4 Å². The normalized spacial score (nSPS) is 16.8. The molecule has 3 heterocycles. The molecule has 1 aliphatic heterocycles. The summed E-state index contributed by atoms with van der Waals surface area (Å²) in [6.07, 6.45) is 9.48. The Morgan fingerprint density at radius 3 is 2.71 bits per heavy atom. The van der Waals surface area contributed by atoms with E-state index in [1.54, 1.807) is 0 Å². The first-order chi connectivity index (χ1) is 18.6. The Hall–Kier alpha value is -3.86. The van der Waals surface area contributed by atoms with Gasteiger partial charge in [0.15, 0.2) is 0 Å². The van der Waals surface area contributed by atoms with Crippen molar-refractivity contribution in [1.82, 2.24) is 24.8 Å². The Balaban J connectivity index is 1.27. The number of hydrogen-bond donors (Lipinski definition) is 2. The maximum Gasteiger partial charge on any atom is 0.130 e. The third kappa shape index (κ3) is 3.75. The van der Waals surface area contributed by atoms with E-state index >= 15 is 0 Å². The summed E-state index contributed by atoms with van der Waals surface area (Å²) in [6.45, 7) is 9.81. The highest BCUT2D eigenvalue weighted by atomic mass is 15.2. The highest BCUT2D eigenvalue weighted by Gasteiger charge is 2.29. The van der Waals surface area contributed by atoms with Gasteiger partial charge in [0, 0.05) is 24.0 Å². The van der Waals surface area contributed by atoms with Crippen LogP contribution in [0.15, 0.2) is 60.9 Å². The molecule has 38 heavy (non-hydrogen) atoms. The lowest BCUT2D eigenvalue weighted by atomic mass is 9.83. The van der Waals surface area contributed by atoms with Crippen molar-refractivity contribution in [2.75, 3.05) is 6.54 Å². The van der Waals surface area contributed by atoms with E-state index in [4.69, 9.17) is 4.98 Å². The molecule has 7 rings (SSSR count). The van der Waals surface area contributed by atoms with E-state index in [0.717, 1.165) is 73.4 Å². The number of aromatic amines is 2. The Morgan fingerprint density at radius 2 is 1.89 bits per heavy atom. The van der Waals surface area contributed by atoms with Crippen molar-refractivity contribution in [3.63, 3.8) is 0 Å². The average molecular weight is 502 g/mol. The fraction of sp³-hybridized carbons (Fsp3) is 0.333. The fourth-order valence-electron chi connectivity index (χ4n) is 6.58. The number of allylic oxidation sites excluding steroid dienone is 1. The molecule has 0 radical (unpaired) electrons. The van der Waals surface area contributed by atoms with Gasteiger partial charge in [-0.3, -0.25) is 0 Å². The minimum absolute atomic E-state index is 0.304. The third-order valence-electron chi connectivity index (χ3n) is 8.56. The number of nitrogens with zero attached hydrogens (tertiary/aromatic N) is 3. The monoisotopic (exact) mass is 501 g/mol. The maximum absolute atomic E-state index is 5.22. The predicted octanol–water partition coefficient (Wildman–Crippen LogP) is 7.88. The summed E-state index contributed by atoms with van der Waals surface area (Å²) in [5.41, 5.74) is 11.3. The molecule has 5 nitrogen and oxygen atoms in total. The number of likely N-dealkylation sites (tertiary alicyclic amines) is 1. The molecule has 2 N–H and O–H groups in total. The van der Waals surface area contributed by atoms with Crippen LogP contribution in [0.3, 0.4) is 0 Å². The molecule has 3 aromatic carbocycles. The van der Waals surface area contributed by atoms with Gasteiger partial charge in [-0.1, -0.05) is 45.0 Å². The zero-order valence-electron chi connectivity index (χ0n) is 22.4. The van der Waals surface area contributed by atoms with Crippen LogP contribution in [0.25, 0.3) is 44.2 Å². The standard InChI is InChI=1S/C33H35N5/c1-4-7-20(3)38-15-6-8-30(38)33-36-28-14-12-23-17-26-22(18-27(23)32(28)37-33)10-9-21-16-24(11-13-25(21)26)29-19-34-31(5-2)35-29/h11-14,16-19,30H,3-10,15H2,1-2H3,(H,34,35)(H,36,37). The van der Waals surface area contributed by atoms with Crippen molar-refractivity contribution < 1.29 is 0 Å². The zero-order valence-corrected chi connectivity index (χ0v) is 22.4. The van der Waals surface area contributed by atoms with E-state index in [2.05, 4.69) is 82.7 Å². The predicted molar refractivity (Wildman–Crippen MR) is 156 cm³/mol. The van der Waals surface area contributed by atoms with Crippen LogP contribution >= 0.6 is 0 Å². The van der Waals surface area contributed by atoms with E-state index in [9.17, 15) is 0 Å². The largest absolute Gasteiger partial charge is 0.365 e. The quantitative estimate of drug-likeness (QED) is 0.249. The summed E-state index contributed by atoms with van der Waals surface area (Å²) in [5, 5.41) is 2.51. The molecule has 1 fully saturated rings. The first-order valence-corrected chi connectivity index (χ1v) is 14.2. The van der Waals surface area contributed by atoms with E-state index in [-0.39, 0.29) is 0 Å². The number of imidazole rings is 2. The van der Waals surface area contributed by atoms with Crippen LogP contribution in [-0.4, -0.2) is 31.4 Å². The summed E-state index contributed by atoms with van der Waals surface area (Å²) in [6, 6.07) is 16.4. The van der Waals surface area contributed by atoms with Crippen molar-refractivity contribution in [1.29, 1.82) is 0 Å². The van der Waals surface area contributed by atoms with Crippen molar-refractivity contribution in [3.05, 3.63) is 83.7 Å². The highest BCUT2D eigenvalue weighted by molar-refractivity contribution is 6.06. The van der Waals surface area contributed by atoms with Gasteiger partial charge in [0.2, 0.25) is 0 Å². The molecule has 2 aromatic heterocycles. The molecule has 5 aromatic rings. The van der Waals surface area contributed by atoms with Gasteiger partial charge in [0.05, 0.1) is 29.0 Å². The molecule has 0 bridgehead atoms. The van der Waals surface area contributed by atoms with Gasteiger partial charge in [-0.15, -0.1) is 0 Å². The SMILES string of the molecule is C=C(CCC)N1CCCC1c1nc2c(ccc3cc4c(cc32)CCc2cc(-c3cnc(CC)[nH]3)ccc2-4)[nH]1. The second-order valence-corrected chi connectivity index (χ2v) is 11.0. The van der Waals surface area contributed by atoms with Crippen LogP contribution in [0.2, 0.25) is 0 Å². The molecule has 192 valence electrons. The average Bonchev–Trinajstić information content (AvgIpc) is 3.71. The number of aromatic nitrogens is 4. The van der Waals surface area contributed by atoms with Gasteiger partial charge in [-0.2, -0.15) is 0 Å². The van der Waals surface area contributed by atoms with Gasteiger partial charge in [0.25, 0.3) is 0 Å². The molecule has 1 saturated heterocycles. The molecule has 1 unspecified atom stereocenters. The number of nitrogens with one attached hydrogen (secondary N) is 2. The lowest BCUT2D eigenvalue weighted by Gasteiger charge is -2.27. The van der Waals surface area contributed by atoms with Crippen molar-refractivity contribution in [2.45, 2.75) is 64.8 Å². The van der Waals surface area contributed by atoms with Crippen LogP contribution in [-0.2, 0) is 19.3 Å². The topological polar surface area (TPSA) is 60.6 Å². The first-order valence-electron chi connectivity index (χ1n) is 14.2. The molecule has 2 aliphatic rings. The number of H-pyrrole nitrogens is 2. The van der Waals surface area contributed by atoms with Gasteiger partial charge < -0.3 is 14.9 Å². The highest BCUT2D eigenvalue weighted by Crippen LogP contribution is 2.40. The number of aryl methyl sites for hydroxylation is 3. The maximum atomic E-state index is 5.22. The van der Waals surface area contributed by atoms with E-state index in [1.165, 1.54) is 50.7 Å². The van der Waals surface area contributed by atoms with Crippen LogP contribution in [0.5, 0.6) is 0 Å². The lowest BCUT2D eigenvalue weighted by Crippen LogP contribution is -2.22.